The topological polar surface area (TPSA) is 9.23 Å². The van der Waals surface area contributed by atoms with E-state index in [1.807, 2.05) is 0 Å². The fourth-order valence-electron chi connectivity index (χ4n) is 0.327. The SMILES string of the molecule is CC(C)(CI)OCC(F)F. The van der Waals surface area contributed by atoms with Gasteiger partial charge in [0.1, 0.15) is 6.61 Å². The van der Waals surface area contributed by atoms with Gasteiger partial charge in [0.05, 0.1) is 5.60 Å². The maximum Gasteiger partial charge on any atom is 0.261 e. The van der Waals surface area contributed by atoms with E-state index >= 15 is 0 Å². The van der Waals surface area contributed by atoms with Crippen LogP contribution in [-0.4, -0.2) is 23.1 Å². The van der Waals surface area contributed by atoms with Crippen LogP contribution in [0.25, 0.3) is 0 Å². The van der Waals surface area contributed by atoms with Crippen LogP contribution in [0.1, 0.15) is 13.8 Å². The predicted molar refractivity (Wildman–Crippen MR) is 44.9 cm³/mol. The summed E-state index contributed by atoms with van der Waals surface area (Å²) < 4.78 is 28.8. The molecule has 0 amide bonds. The first-order valence-electron chi connectivity index (χ1n) is 2.96. The van der Waals surface area contributed by atoms with Crippen LogP contribution in [-0.2, 0) is 4.74 Å². The third-order valence-corrected chi connectivity index (χ3v) is 2.76. The van der Waals surface area contributed by atoms with Crippen molar-refractivity contribution in [2.24, 2.45) is 0 Å². The van der Waals surface area contributed by atoms with Gasteiger partial charge in [-0.2, -0.15) is 0 Å². The van der Waals surface area contributed by atoms with Crippen molar-refractivity contribution < 1.29 is 13.5 Å². The minimum atomic E-state index is -2.36. The highest BCUT2D eigenvalue weighted by atomic mass is 127. The molecule has 0 aromatic heterocycles. The molecule has 0 spiro atoms. The van der Waals surface area contributed by atoms with E-state index in [4.69, 9.17) is 4.74 Å². The van der Waals surface area contributed by atoms with Gasteiger partial charge in [0.2, 0.25) is 0 Å². The molecule has 0 radical (unpaired) electrons. The molecule has 0 heterocycles. The molecule has 0 N–H and O–H groups in total. The molecule has 10 heavy (non-hydrogen) atoms. The van der Waals surface area contributed by atoms with Gasteiger partial charge in [-0.25, -0.2) is 8.78 Å². The van der Waals surface area contributed by atoms with Gasteiger partial charge in [-0.1, -0.05) is 22.6 Å². The molecular formula is C6H11F2IO. The molecule has 0 aromatic carbocycles. The number of hydrogen-bond donors (Lipinski definition) is 0. The predicted octanol–water partition coefficient (Wildman–Crippen LogP) is 2.48. The maximum absolute atomic E-state index is 11.6. The number of hydrogen-bond acceptors (Lipinski definition) is 1. The van der Waals surface area contributed by atoms with Gasteiger partial charge in [0.25, 0.3) is 6.43 Å². The Morgan fingerprint density at radius 1 is 1.50 bits per heavy atom. The molecule has 0 aliphatic rings. The van der Waals surface area contributed by atoms with Crippen molar-refractivity contribution in [1.29, 1.82) is 0 Å². The zero-order valence-corrected chi connectivity index (χ0v) is 8.19. The Morgan fingerprint density at radius 3 is 2.30 bits per heavy atom. The second kappa shape index (κ2) is 4.43. The van der Waals surface area contributed by atoms with Gasteiger partial charge in [-0.3, -0.25) is 0 Å². The van der Waals surface area contributed by atoms with Crippen LogP contribution in [0.3, 0.4) is 0 Å². The van der Waals surface area contributed by atoms with E-state index < -0.39 is 18.6 Å². The van der Waals surface area contributed by atoms with E-state index in [0.29, 0.717) is 0 Å². The highest BCUT2D eigenvalue weighted by molar-refractivity contribution is 14.1. The number of alkyl halides is 3. The zero-order valence-electron chi connectivity index (χ0n) is 6.03. The molecule has 0 aliphatic carbocycles. The third-order valence-electron chi connectivity index (χ3n) is 0.922. The summed E-state index contributed by atoms with van der Waals surface area (Å²) in [4.78, 5) is 0. The van der Waals surface area contributed by atoms with E-state index in [9.17, 15) is 8.78 Å². The van der Waals surface area contributed by atoms with Crippen molar-refractivity contribution in [3.8, 4) is 0 Å². The first kappa shape index (κ1) is 10.6. The second-order valence-electron chi connectivity index (χ2n) is 2.60. The average Bonchev–Trinajstić information content (AvgIpc) is 1.85. The lowest BCUT2D eigenvalue weighted by Gasteiger charge is -2.21. The van der Waals surface area contributed by atoms with Crippen LogP contribution in [0.4, 0.5) is 8.78 Å². The van der Waals surface area contributed by atoms with Crippen molar-refractivity contribution in [2.75, 3.05) is 11.0 Å². The first-order chi connectivity index (χ1) is 4.48. The summed E-state index contributed by atoms with van der Waals surface area (Å²) in [5.41, 5.74) is -0.420. The van der Waals surface area contributed by atoms with Gasteiger partial charge in [0.15, 0.2) is 0 Å². The number of ether oxygens (including phenoxy) is 1. The van der Waals surface area contributed by atoms with Crippen molar-refractivity contribution in [1.82, 2.24) is 0 Å². The molecule has 4 heteroatoms. The van der Waals surface area contributed by atoms with E-state index in [2.05, 4.69) is 22.6 Å². The lowest BCUT2D eigenvalue weighted by atomic mass is 10.2. The molecule has 0 fully saturated rings. The van der Waals surface area contributed by atoms with Crippen molar-refractivity contribution >= 4 is 22.6 Å². The van der Waals surface area contributed by atoms with Crippen molar-refractivity contribution in [2.45, 2.75) is 25.9 Å². The summed E-state index contributed by atoms with van der Waals surface area (Å²) in [5, 5.41) is 0. The fraction of sp³-hybridized carbons (Fsp3) is 1.00. The number of rotatable bonds is 4. The molecule has 0 rings (SSSR count). The summed E-state index contributed by atoms with van der Waals surface area (Å²) in [6, 6.07) is 0. The van der Waals surface area contributed by atoms with Crippen LogP contribution >= 0.6 is 22.6 Å². The lowest BCUT2D eigenvalue weighted by Crippen LogP contribution is -2.28. The van der Waals surface area contributed by atoms with Gasteiger partial charge in [-0.15, -0.1) is 0 Å². The summed E-state index contributed by atoms with van der Waals surface area (Å²) in [6.07, 6.45) is -2.36. The molecule has 62 valence electrons. The molecule has 0 saturated heterocycles. The van der Waals surface area contributed by atoms with Crippen LogP contribution in [0.2, 0.25) is 0 Å². The molecule has 1 nitrogen and oxygen atoms in total. The molecule has 0 atom stereocenters. The van der Waals surface area contributed by atoms with Crippen molar-refractivity contribution in [3.05, 3.63) is 0 Å². The molecule has 0 aromatic rings. The van der Waals surface area contributed by atoms with Gasteiger partial charge in [-0.05, 0) is 13.8 Å². The highest BCUT2D eigenvalue weighted by Crippen LogP contribution is 2.13. The summed E-state index contributed by atoms with van der Waals surface area (Å²) >= 11 is 2.11. The van der Waals surface area contributed by atoms with Gasteiger partial charge >= 0.3 is 0 Å². The second-order valence-corrected chi connectivity index (χ2v) is 3.36. The summed E-state index contributed by atoms with van der Waals surface area (Å²) in [5.74, 6) is 0. The van der Waals surface area contributed by atoms with Crippen LogP contribution < -0.4 is 0 Å². The van der Waals surface area contributed by atoms with Crippen LogP contribution in [0, 0.1) is 0 Å². The standard InChI is InChI=1S/C6H11F2IO/c1-6(2,4-9)10-3-5(7)8/h5H,3-4H2,1-2H3. The fourth-order valence-corrected chi connectivity index (χ4v) is 0.547. The lowest BCUT2D eigenvalue weighted by molar-refractivity contribution is -0.0561. The Labute approximate surface area is 73.3 Å². The summed E-state index contributed by atoms with van der Waals surface area (Å²) in [7, 11) is 0. The smallest absolute Gasteiger partial charge is 0.261 e. The van der Waals surface area contributed by atoms with E-state index in [-0.39, 0.29) is 0 Å². The molecule has 0 saturated carbocycles. The third kappa shape index (κ3) is 5.34. The summed E-state index contributed by atoms with van der Waals surface area (Å²) in [6.45, 7) is 3.12. The van der Waals surface area contributed by atoms with Crippen molar-refractivity contribution in [3.63, 3.8) is 0 Å². The average molecular weight is 264 g/mol. The largest absolute Gasteiger partial charge is 0.369 e. The van der Waals surface area contributed by atoms with Gasteiger partial charge in [0, 0.05) is 4.43 Å². The molecule has 0 aliphatic heterocycles. The zero-order chi connectivity index (χ0) is 8.20. The first-order valence-corrected chi connectivity index (χ1v) is 4.48. The van der Waals surface area contributed by atoms with E-state index in [1.54, 1.807) is 13.8 Å². The molecule has 0 bridgehead atoms. The van der Waals surface area contributed by atoms with E-state index in [1.165, 1.54) is 0 Å². The van der Waals surface area contributed by atoms with Crippen LogP contribution in [0.5, 0.6) is 0 Å². The Balaban J connectivity index is 3.46. The highest BCUT2D eigenvalue weighted by Gasteiger charge is 2.18. The maximum atomic E-state index is 11.6. The Kier molecular flexibility index (Phi) is 4.68. The quantitative estimate of drug-likeness (QED) is 0.560. The van der Waals surface area contributed by atoms with Gasteiger partial charge < -0.3 is 4.74 Å². The minimum absolute atomic E-state index is 0.420. The monoisotopic (exact) mass is 264 g/mol. The molecular weight excluding hydrogens is 253 g/mol. The minimum Gasteiger partial charge on any atom is -0.369 e. The van der Waals surface area contributed by atoms with E-state index in [0.717, 1.165) is 4.43 Å². The Hall–Kier alpha value is 0.550. The normalized spacial score (nSPS) is 12.6. The Morgan fingerprint density at radius 2 is 2.00 bits per heavy atom. The Bertz CT molecular complexity index is 95.7. The van der Waals surface area contributed by atoms with Crippen LogP contribution in [0.15, 0.2) is 0 Å². The molecule has 0 unspecified atom stereocenters. The number of halogens is 3.